The maximum atomic E-state index is 5.76. The van der Waals surface area contributed by atoms with Crippen LogP contribution in [0.3, 0.4) is 0 Å². The SMILES string of the molecule is Cc1ccc(C)c(CCc2ncn(C)c2CN)c1. The van der Waals surface area contributed by atoms with Crippen molar-refractivity contribution in [2.24, 2.45) is 12.8 Å². The molecule has 0 aliphatic carbocycles. The van der Waals surface area contributed by atoms with Crippen LogP contribution in [0.25, 0.3) is 0 Å². The number of aromatic nitrogens is 2. The molecule has 0 atom stereocenters. The fraction of sp³-hybridized carbons (Fsp3) is 0.400. The zero-order valence-electron chi connectivity index (χ0n) is 11.4. The van der Waals surface area contributed by atoms with Gasteiger partial charge >= 0.3 is 0 Å². The van der Waals surface area contributed by atoms with E-state index in [4.69, 9.17) is 5.73 Å². The van der Waals surface area contributed by atoms with Crippen LogP contribution in [0.1, 0.15) is 28.1 Å². The van der Waals surface area contributed by atoms with Crippen molar-refractivity contribution in [1.82, 2.24) is 9.55 Å². The molecule has 18 heavy (non-hydrogen) atoms. The van der Waals surface area contributed by atoms with E-state index in [1.54, 1.807) is 0 Å². The molecule has 3 nitrogen and oxygen atoms in total. The second-order valence-electron chi connectivity index (χ2n) is 4.88. The van der Waals surface area contributed by atoms with Gasteiger partial charge in [-0.2, -0.15) is 0 Å². The fourth-order valence-corrected chi connectivity index (χ4v) is 2.30. The summed E-state index contributed by atoms with van der Waals surface area (Å²) in [4.78, 5) is 4.44. The molecule has 0 bridgehead atoms. The van der Waals surface area contributed by atoms with E-state index >= 15 is 0 Å². The summed E-state index contributed by atoms with van der Waals surface area (Å²) >= 11 is 0. The Morgan fingerprint density at radius 1 is 1.22 bits per heavy atom. The van der Waals surface area contributed by atoms with Gasteiger partial charge in [0.2, 0.25) is 0 Å². The summed E-state index contributed by atoms with van der Waals surface area (Å²) in [7, 11) is 2.00. The third-order valence-electron chi connectivity index (χ3n) is 3.47. The molecule has 0 spiro atoms. The van der Waals surface area contributed by atoms with Gasteiger partial charge in [-0.25, -0.2) is 4.98 Å². The molecule has 2 aromatic rings. The molecule has 1 heterocycles. The molecule has 96 valence electrons. The van der Waals surface area contributed by atoms with Crippen LogP contribution in [0.5, 0.6) is 0 Å². The summed E-state index contributed by atoms with van der Waals surface area (Å²) in [5, 5.41) is 0. The number of nitrogens with zero attached hydrogens (tertiary/aromatic N) is 2. The van der Waals surface area contributed by atoms with Crippen molar-refractivity contribution in [2.45, 2.75) is 33.2 Å². The van der Waals surface area contributed by atoms with Crippen LogP contribution >= 0.6 is 0 Å². The highest BCUT2D eigenvalue weighted by Crippen LogP contribution is 2.15. The lowest BCUT2D eigenvalue weighted by atomic mass is 10.00. The Kier molecular flexibility index (Phi) is 3.82. The Labute approximate surface area is 109 Å². The zero-order valence-corrected chi connectivity index (χ0v) is 11.4. The monoisotopic (exact) mass is 243 g/mol. The molecule has 0 fully saturated rings. The van der Waals surface area contributed by atoms with Crippen LogP contribution in [0, 0.1) is 13.8 Å². The van der Waals surface area contributed by atoms with Crippen LogP contribution in [-0.2, 0) is 26.4 Å². The maximum Gasteiger partial charge on any atom is 0.0949 e. The van der Waals surface area contributed by atoms with E-state index < -0.39 is 0 Å². The molecule has 0 aliphatic rings. The largest absolute Gasteiger partial charge is 0.336 e. The summed E-state index contributed by atoms with van der Waals surface area (Å²) in [6.45, 7) is 4.85. The first-order valence-electron chi connectivity index (χ1n) is 6.37. The fourth-order valence-electron chi connectivity index (χ4n) is 2.30. The number of benzene rings is 1. The highest BCUT2D eigenvalue weighted by Gasteiger charge is 2.08. The Morgan fingerprint density at radius 3 is 2.72 bits per heavy atom. The van der Waals surface area contributed by atoms with Crippen LogP contribution in [0.15, 0.2) is 24.5 Å². The minimum absolute atomic E-state index is 0.554. The highest BCUT2D eigenvalue weighted by molar-refractivity contribution is 5.31. The first kappa shape index (κ1) is 12.8. The van der Waals surface area contributed by atoms with Crippen molar-refractivity contribution >= 4 is 0 Å². The molecule has 3 heteroatoms. The second kappa shape index (κ2) is 5.36. The van der Waals surface area contributed by atoms with Gasteiger partial charge in [0.15, 0.2) is 0 Å². The van der Waals surface area contributed by atoms with Gasteiger partial charge in [-0.15, -0.1) is 0 Å². The van der Waals surface area contributed by atoms with Gasteiger partial charge in [-0.05, 0) is 37.8 Å². The van der Waals surface area contributed by atoms with Gasteiger partial charge in [0.25, 0.3) is 0 Å². The minimum Gasteiger partial charge on any atom is -0.336 e. The lowest BCUT2D eigenvalue weighted by Crippen LogP contribution is -2.07. The number of hydrogen-bond donors (Lipinski definition) is 1. The third kappa shape index (κ3) is 2.62. The Bertz CT molecular complexity index is 541. The number of imidazole rings is 1. The standard InChI is InChI=1S/C15H21N3/c1-11-4-5-12(2)13(8-11)6-7-14-15(9-16)18(3)10-17-14/h4-5,8,10H,6-7,9,16H2,1-3H3. The van der Waals surface area contributed by atoms with Gasteiger partial charge < -0.3 is 10.3 Å². The molecule has 0 amide bonds. The third-order valence-corrected chi connectivity index (χ3v) is 3.47. The molecule has 2 rings (SSSR count). The van der Waals surface area contributed by atoms with E-state index in [2.05, 4.69) is 37.0 Å². The predicted octanol–water partition coefficient (Wildman–Crippen LogP) is 2.28. The molecule has 0 unspecified atom stereocenters. The first-order chi connectivity index (χ1) is 8.61. The second-order valence-corrected chi connectivity index (χ2v) is 4.88. The summed E-state index contributed by atoms with van der Waals surface area (Å²) < 4.78 is 2.01. The maximum absolute atomic E-state index is 5.76. The van der Waals surface area contributed by atoms with Crippen molar-refractivity contribution in [3.63, 3.8) is 0 Å². The van der Waals surface area contributed by atoms with Crippen molar-refractivity contribution in [3.8, 4) is 0 Å². The lowest BCUT2D eigenvalue weighted by Gasteiger charge is -2.07. The van der Waals surface area contributed by atoms with Gasteiger partial charge in [0.05, 0.1) is 17.7 Å². The van der Waals surface area contributed by atoms with E-state index in [-0.39, 0.29) is 0 Å². The number of rotatable bonds is 4. The number of aryl methyl sites for hydroxylation is 5. The van der Waals surface area contributed by atoms with Crippen molar-refractivity contribution in [2.75, 3.05) is 0 Å². The molecule has 0 saturated carbocycles. The average Bonchev–Trinajstić information content (AvgIpc) is 2.71. The predicted molar refractivity (Wildman–Crippen MR) is 74.4 cm³/mol. The van der Waals surface area contributed by atoms with E-state index in [0.29, 0.717) is 6.54 Å². The minimum atomic E-state index is 0.554. The number of hydrogen-bond acceptors (Lipinski definition) is 2. The smallest absolute Gasteiger partial charge is 0.0949 e. The van der Waals surface area contributed by atoms with Crippen LogP contribution in [-0.4, -0.2) is 9.55 Å². The van der Waals surface area contributed by atoms with E-state index in [1.807, 2.05) is 17.9 Å². The van der Waals surface area contributed by atoms with E-state index in [1.165, 1.54) is 16.7 Å². The lowest BCUT2D eigenvalue weighted by molar-refractivity contribution is 0.800. The van der Waals surface area contributed by atoms with Crippen molar-refractivity contribution in [1.29, 1.82) is 0 Å². The number of nitrogens with two attached hydrogens (primary N) is 1. The topological polar surface area (TPSA) is 43.8 Å². The van der Waals surface area contributed by atoms with Crippen LogP contribution < -0.4 is 5.73 Å². The van der Waals surface area contributed by atoms with E-state index in [0.717, 1.165) is 24.2 Å². The molecule has 0 saturated heterocycles. The zero-order chi connectivity index (χ0) is 13.1. The molecule has 1 aromatic carbocycles. The van der Waals surface area contributed by atoms with Gasteiger partial charge in [-0.3, -0.25) is 0 Å². The van der Waals surface area contributed by atoms with Gasteiger partial charge in [0, 0.05) is 13.6 Å². The molecule has 0 radical (unpaired) electrons. The summed E-state index contributed by atoms with van der Waals surface area (Å²) in [6, 6.07) is 6.61. The Morgan fingerprint density at radius 2 is 2.00 bits per heavy atom. The van der Waals surface area contributed by atoms with E-state index in [9.17, 15) is 0 Å². The highest BCUT2D eigenvalue weighted by atomic mass is 15.0. The normalized spacial score (nSPS) is 10.9. The average molecular weight is 243 g/mol. The Balaban J connectivity index is 2.13. The first-order valence-corrected chi connectivity index (χ1v) is 6.37. The van der Waals surface area contributed by atoms with Crippen molar-refractivity contribution in [3.05, 3.63) is 52.6 Å². The molecule has 0 aliphatic heterocycles. The summed E-state index contributed by atoms with van der Waals surface area (Å²) in [5.74, 6) is 0. The quantitative estimate of drug-likeness (QED) is 0.895. The van der Waals surface area contributed by atoms with Crippen LogP contribution in [0.2, 0.25) is 0 Å². The molecule has 2 N–H and O–H groups in total. The van der Waals surface area contributed by atoms with Gasteiger partial charge in [0.1, 0.15) is 0 Å². The van der Waals surface area contributed by atoms with Crippen LogP contribution in [0.4, 0.5) is 0 Å². The molecular formula is C15H21N3. The molecule has 1 aromatic heterocycles. The summed E-state index contributed by atoms with van der Waals surface area (Å²) in [6.07, 6.45) is 3.83. The molecular weight excluding hydrogens is 222 g/mol. The van der Waals surface area contributed by atoms with Gasteiger partial charge in [-0.1, -0.05) is 23.8 Å². The Hall–Kier alpha value is -1.61. The summed E-state index contributed by atoms with van der Waals surface area (Å²) in [5.41, 5.74) is 12.1. The van der Waals surface area contributed by atoms with Crippen molar-refractivity contribution < 1.29 is 0 Å².